The lowest BCUT2D eigenvalue weighted by molar-refractivity contribution is 0.0952. The van der Waals surface area contributed by atoms with Crippen LogP contribution < -0.4 is 15.6 Å². The Kier molecular flexibility index (Phi) is 4.53. The van der Waals surface area contributed by atoms with E-state index in [2.05, 4.69) is 15.3 Å². The number of aryl methyl sites for hydroxylation is 1. The molecular formula is C22H19N3O3. The van der Waals surface area contributed by atoms with Crippen molar-refractivity contribution in [3.05, 3.63) is 81.6 Å². The summed E-state index contributed by atoms with van der Waals surface area (Å²) in [6, 6.07) is 16.6. The number of hydrogen-bond acceptors (Lipinski definition) is 4. The molecular weight excluding hydrogens is 354 g/mol. The quantitative estimate of drug-likeness (QED) is 0.575. The van der Waals surface area contributed by atoms with E-state index in [9.17, 15) is 9.59 Å². The fourth-order valence-corrected chi connectivity index (χ4v) is 3.21. The number of para-hydroxylation sites is 1. The van der Waals surface area contributed by atoms with Gasteiger partial charge < -0.3 is 15.0 Å². The molecule has 2 aromatic carbocycles. The molecule has 0 radical (unpaired) electrons. The molecule has 1 amide bonds. The van der Waals surface area contributed by atoms with Crippen molar-refractivity contribution in [2.24, 2.45) is 0 Å². The topological polar surface area (TPSA) is 84.1 Å². The van der Waals surface area contributed by atoms with Gasteiger partial charge >= 0.3 is 0 Å². The average Bonchev–Trinajstić information content (AvgIpc) is 2.71. The van der Waals surface area contributed by atoms with Crippen molar-refractivity contribution in [3.8, 4) is 5.88 Å². The van der Waals surface area contributed by atoms with Gasteiger partial charge in [0.2, 0.25) is 5.88 Å². The molecule has 0 atom stereocenters. The Morgan fingerprint density at radius 2 is 1.96 bits per heavy atom. The smallest absolute Gasteiger partial charge is 0.253 e. The second-order valence-corrected chi connectivity index (χ2v) is 6.63. The normalized spacial score (nSPS) is 10.9. The second kappa shape index (κ2) is 7.15. The molecule has 2 aromatic heterocycles. The third kappa shape index (κ3) is 3.32. The number of carbonyl (C=O) groups is 1. The van der Waals surface area contributed by atoms with Gasteiger partial charge in [0.15, 0.2) is 0 Å². The molecule has 4 rings (SSSR count). The van der Waals surface area contributed by atoms with Crippen molar-refractivity contribution in [2.45, 2.75) is 13.5 Å². The van der Waals surface area contributed by atoms with E-state index < -0.39 is 0 Å². The number of carbonyl (C=O) groups excluding carboxylic acids is 1. The van der Waals surface area contributed by atoms with Gasteiger partial charge in [0.25, 0.3) is 11.5 Å². The Morgan fingerprint density at radius 3 is 2.79 bits per heavy atom. The summed E-state index contributed by atoms with van der Waals surface area (Å²) in [6.07, 6.45) is 0. The van der Waals surface area contributed by atoms with Gasteiger partial charge in [-0.15, -0.1) is 0 Å². The van der Waals surface area contributed by atoms with E-state index in [1.165, 1.54) is 7.11 Å². The number of H-pyrrole nitrogens is 1. The standard InChI is InChI=1S/C22H19N3O3/c1-13-7-8-14-10-15(21(26)25-19(14)9-13)12-23-22(27)17-11-20(28-2)24-18-6-4-3-5-16(17)18/h3-11H,12H2,1-2H3,(H,23,27)(H,25,26). The van der Waals surface area contributed by atoms with E-state index in [-0.39, 0.29) is 18.0 Å². The maximum atomic E-state index is 12.8. The second-order valence-electron chi connectivity index (χ2n) is 6.63. The molecule has 0 spiro atoms. The van der Waals surface area contributed by atoms with Crippen molar-refractivity contribution in [2.75, 3.05) is 7.11 Å². The molecule has 0 fully saturated rings. The zero-order valence-electron chi connectivity index (χ0n) is 15.6. The van der Waals surface area contributed by atoms with E-state index in [1.807, 2.05) is 49.4 Å². The van der Waals surface area contributed by atoms with Crippen LogP contribution in [0.4, 0.5) is 0 Å². The number of nitrogens with one attached hydrogen (secondary N) is 2. The van der Waals surface area contributed by atoms with Crippen molar-refractivity contribution >= 4 is 27.7 Å². The molecule has 2 heterocycles. The summed E-state index contributed by atoms with van der Waals surface area (Å²) in [5.41, 5.74) is 3.26. The number of hydrogen-bond donors (Lipinski definition) is 2. The minimum Gasteiger partial charge on any atom is -0.481 e. The van der Waals surface area contributed by atoms with Gasteiger partial charge in [0, 0.05) is 29.1 Å². The largest absolute Gasteiger partial charge is 0.481 e. The number of ether oxygens (including phenoxy) is 1. The minimum atomic E-state index is -0.291. The molecule has 28 heavy (non-hydrogen) atoms. The predicted octanol–water partition coefficient (Wildman–Crippen LogP) is 3.32. The number of methoxy groups -OCH3 is 1. The lowest BCUT2D eigenvalue weighted by Crippen LogP contribution is -2.27. The molecule has 2 N–H and O–H groups in total. The van der Waals surface area contributed by atoms with E-state index in [0.717, 1.165) is 21.9 Å². The van der Waals surface area contributed by atoms with E-state index >= 15 is 0 Å². The Hall–Kier alpha value is -3.67. The van der Waals surface area contributed by atoms with E-state index in [0.29, 0.717) is 22.5 Å². The molecule has 0 saturated carbocycles. The third-order valence-electron chi connectivity index (χ3n) is 4.66. The average molecular weight is 373 g/mol. The number of pyridine rings is 2. The van der Waals surface area contributed by atoms with Crippen LogP contribution in [0.25, 0.3) is 21.8 Å². The summed E-state index contributed by atoms with van der Waals surface area (Å²) in [6.45, 7) is 2.09. The molecule has 0 saturated heterocycles. The highest BCUT2D eigenvalue weighted by Crippen LogP contribution is 2.22. The fourth-order valence-electron chi connectivity index (χ4n) is 3.21. The monoisotopic (exact) mass is 373 g/mol. The van der Waals surface area contributed by atoms with Gasteiger partial charge in [0.1, 0.15) is 0 Å². The summed E-state index contributed by atoms with van der Waals surface area (Å²) >= 11 is 0. The molecule has 6 nitrogen and oxygen atoms in total. The maximum absolute atomic E-state index is 12.8. The van der Waals surface area contributed by atoms with Gasteiger partial charge in [-0.3, -0.25) is 9.59 Å². The summed E-state index contributed by atoms with van der Waals surface area (Å²) in [7, 11) is 1.51. The van der Waals surface area contributed by atoms with Gasteiger partial charge in [-0.1, -0.05) is 30.3 Å². The van der Waals surface area contributed by atoms with Crippen molar-refractivity contribution in [1.82, 2.24) is 15.3 Å². The summed E-state index contributed by atoms with van der Waals surface area (Å²) in [5, 5.41) is 4.48. The molecule has 4 aromatic rings. The number of aromatic nitrogens is 2. The van der Waals surface area contributed by atoms with Crippen molar-refractivity contribution in [1.29, 1.82) is 0 Å². The number of nitrogens with zero attached hydrogens (tertiary/aromatic N) is 1. The van der Waals surface area contributed by atoms with E-state index in [1.54, 1.807) is 12.1 Å². The van der Waals surface area contributed by atoms with Crippen molar-refractivity contribution < 1.29 is 9.53 Å². The predicted molar refractivity (Wildman–Crippen MR) is 109 cm³/mol. The van der Waals surface area contributed by atoms with E-state index in [4.69, 9.17) is 4.74 Å². The zero-order valence-corrected chi connectivity index (χ0v) is 15.6. The summed E-state index contributed by atoms with van der Waals surface area (Å²) in [4.78, 5) is 32.4. The molecule has 0 aliphatic heterocycles. The van der Waals surface area contributed by atoms with Crippen LogP contribution in [-0.2, 0) is 6.54 Å². The maximum Gasteiger partial charge on any atom is 0.253 e. The fraction of sp³-hybridized carbons (Fsp3) is 0.136. The number of benzene rings is 2. The number of amides is 1. The van der Waals surface area contributed by atoms with Crippen LogP contribution in [0.1, 0.15) is 21.5 Å². The first kappa shape index (κ1) is 17.7. The number of fused-ring (bicyclic) bond motifs is 2. The van der Waals surface area contributed by atoms with Crippen LogP contribution in [0.15, 0.2) is 59.4 Å². The first-order valence-electron chi connectivity index (χ1n) is 8.90. The lowest BCUT2D eigenvalue weighted by atomic mass is 10.1. The van der Waals surface area contributed by atoms with Gasteiger partial charge in [-0.05, 0) is 36.1 Å². The highest BCUT2D eigenvalue weighted by atomic mass is 16.5. The Balaban J connectivity index is 1.64. The van der Waals surface area contributed by atoms with Crippen LogP contribution in [-0.4, -0.2) is 23.0 Å². The minimum absolute atomic E-state index is 0.122. The summed E-state index contributed by atoms with van der Waals surface area (Å²) in [5.74, 6) is 0.0723. The molecule has 0 aliphatic rings. The first-order chi connectivity index (χ1) is 13.5. The molecule has 6 heteroatoms. The highest BCUT2D eigenvalue weighted by Gasteiger charge is 2.14. The Morgan fingerprint density at radius 1 is 1.14 bits per heavy atom. The lowest BCUT2D eigenvalue weighted by Gasteiger charge is -2.10. The molecule has 0 aliphatic carbocycles. The molecule has 140 valence electrons. The van der Waals surface area contributed by atoms with Crippen LogP contribution >= 0.6 is 0 Å². The van der Waals surface area contributed by atoms with Gasteiger partial charge in [0.05, 0.1) is 18.2 Å². The van der Waals surface area contributed by atoms with Crippen LogP contribution in [0, 0.1) is 6.92 Å². The number of rotatable bonds is 4. The van der Waals surface area contributed by atoms with Gasteiger partial charge in [-0.2, -0.15) is 0 Å². The first-order valence-corrected chi connectivity index (χ1v) is 8.90. The van der Waals surface area contributed by atoms with Gasteiger partial charge in [-0.25, -0.2) is 4.98 Å². The third-order valence-corrected chi connectivity index (χ3v) is 4.66. The van der Waals surface area contributed by atoms with Crippen LogP contribution in [0.3, 0.4) is 0 Å². The SMILES string of the molecule is COc1cc(C(=O)NCc2cc3ccc(C)cc3[nH]c2=O)c2ccccc2n1. The molecule has 0 unspecified atom stereocenters. The molecule has 0 bridgehead atoms. The van der Waals surface area contributed by atoms with Crippen LogP contribution in [0.2, 0.25) is 0 Å². The number of aromatic amines is 1. The van der Waals surface area contributed by atoms with Crippen LogP contribution in [0.5, 0.6) is 5.88 Å². The zero-order chi connectivity index (χ0) is 19.7. The van der Waals surface area contributed by atoms with Crippen molar-refractivity contribution in [3.63, 3.8) is 0 Å². The highest BCUT2D eigenvalue weighted by molar-refractivity contribution is 6.06. The summed E-state index contributed by atoms with van der Waals surface area (Å²) < 4.78 is 5.21. The Bertz CT molecular complexity index is 1260. The Labute approximate surface area is 161 Å².